The second-order valence-corrected chi connectivity index (χ2v) is 5.17. The topological polar surface area (TPSA) is 32.7 Å². The molecule has 3 heteroatoms. The Morgan fingerprint density at radius 1 is 1.39 bits per heavy atom. The van der Waals surface area contributed by atoms with Crippen LogP contribution in [0.25, 0.3) is 0 Å². The fourth-order valence-electron chi connectivity index (χ4n) is 2.45. The standard InChI is InChI=1S/C15H23NO2/c1-12(15(17)13-7-4-3-5-8-13)16(2)11-14-9-6-10-18-14/h3-5,7-8,12,14-15,17H,6,9-11H2,1-2H3. The Hall–Kier alpha value is -0.900. The molecule has 0 aromatic heterocycles. The summed E-state index contributed by atoms with van der Waals surface area (Å²) in [5, 5.41) is 10.4. The van der Waals surface area contributed by atoms with E-state index in [1.807, 2.05) is 30.3 Å². The van der Waals surface area contributed by atoms with Gasteiger partial charge in [0, 0.05) is 19.2 Å². The number of aliphatic hydroxyl groups is 1. The lowest BCUT2D eigenvalue weighted by Gasteiger charge is -2.30. The average molecular weight is 249 g/mol. The Morgan fingerprint density at radius 2 is 2.11 bits per heavy atom. The molecule has 1 aromatic carbocycles. The minimum absolute atomic E-state index is 0.0941. The number of benzene rings is 1. The number of hydrogen-bond acceptors (Lipinski definition) is 3. The lowest BCUT2D eigenvalue weighted by atomic mass is 10.0. The molecule has 1 aliphatic heterocycles. The third-order valence-corrected chi connectivity index (χ3v) is 3.81. The summed E-state index contributed by atoms with van der Waals surface area (Å²) in [6.45, 7) is 3.84. The summed E-state index contributed by atoms with van der Waals surface area (Å²) in [6.07, 6.45) is 2.19. The smallest absolute Gasteiger partial charge is 0.0942 e. The predicted octanol–water partition coefficient (Wildman–Crippen LogP) is 2.22. The van der Waals surface area contributed by atoms with Crippen molar-refractivity contribution in [3.8, 4) is 0 Å². The van der Waals surface area contributed by atoms with Gasteiger partial charge in [0.25, 0.3) is 0 Å². The second-order valence-electron chi connectivity index (χ2n) is 5.17. The molecule has 3 nitrogen and oxygen atoms in total. The highest BCUT2D eigenvalue weighted by atomic mass is 16.5. The number of aliphatic hydroxyl groups excluding tert-OH is 1. The van der Waals surface area contributed by atoms with Crippen LogP contribution in [0, 0.1) is 0 Å². The molecule has 0 saturated carbocycles. The molecule has 0 bridgehead atoms. The lowest BCUT2D eigenvalue weighted by molar-refractivity contribution is 0.0295. The van der Waals surface area contributed by atoms with E-state index in [9.17, 15) is 5.11 Å². The monoisotopic (exact) mass is 249 g/mol. The molecule has 0 amide bonds. The van der Waals surface area contributed by atoms with Gasteiger partial charge in [-0.1, -0.05) is 30.3 Å². The molecule has 3 atom stereocenters. The van der Waals surface area contributed by atoms with Crippen molar-refractivity contribution in [3.63, 3.8) is 0 Å². The first-order valence-electron chi connectivity index (χ1n) is 6.73. The first-order valence-corrected chi connectivity index (χ1v) is 6.73. The van der Waals surface area contributed by atoms with Gasteiger partial charge in [0.1, 0.15) is 0 Å². The van der Waals surface area contributed by atoms with E-state index in [1.54, 1.807) is 0 Å². The molecular weight excluding hydrogens is 226 g/mol. The summed E-state index contributed by atoms with van der Waals surface area (Å²) >= 11 is 0. The summed E-state index contributed by atoms with van der Waals surface area (Å²) in [6, 6.07) is 9.94. The third kappa shape index (κ3) is 3.31. The molecule has 3 unspecified atom stereocenters. The van der Waals surface area contributed by atoms with Gasteiger partial charge in [0.2, 0.25) is 0 Å². The fraction of sp³-hybridized carbons (Fsp3) is 0.600. The molecule has 1 fully saturated rings. The van der Waals surface area contributed by atoms with Crippen LogP contribution in [-0.4, -0.2) is 42.4 Å². The number of nitrogens with zero attached hydrogens (tertiary/aromatic N) is 1. The Balaban J connectivity index is 1.91. The van der Waals surface area contributed by atoms with Gasteiger partial charge >= 0.3 is 0 Å². The Bertz CT molecular complexity index is 349. The number of ether oxygens (including phenoxy) is 1. The maximum atomic E-state index is 10.4. The van der Waals surface area contributed by atoms with Crippen LogP contribution in [-0.2, 0) is 4.74 Å². The van der Waals surface area contributed by atoms with E-state index in [-0.39, 0.29) is 6.04 Å². The average Bonchev–Trinajstić information content (AvgIpc) is 2.91. The van der Waals surface area contributed by atoms with Crippen LogP contribution in [0.1, 0.15) is 31.4 Å². The molecule has 1 heterocycles. The third-order valence-electron chi connectivity index (χ3n) is 3.81. The maximum absolute atomic E-state index is 10.4. The Labute approximate surface area is 109 Å². The zero-order valence-corrected chi connectivity index (χ0v) is 11.2. The normalized spacial score (nSPS) is 23.2. The number of likely N-dealkylation sites (N-methyl/N-ethyl adjacent to an activating group) is 1. The maximum Gasteiger partial charge on any atom is 0.0942 e. The molecule has 1 N–H and O–H groups in total. The van der Waals surface area contributed by atoms with Crippen LogP contribution in [0.3, 0.4) is 0 Å². The highest BCUT2D eigenvalue weighted by Crippen LogP contribution is 2.21. The first-order chi connectivity index (χ1) is 8.68. The van der Waals surface area contributed by atoms with Crippen molar-refractivity contribution in [2.45, 2.75) is 38.0 Å². The van der Waals surface area contributed by atoms with Gasteiger partial charge < -0.3 is 9.84 Å². The summed E-state index contributed by atoms with van der Waals surface area (Å²) < 4.78 is 5.64. The highest BCUT2D eigenvalue weighted by molar-refractivity contribution is 5.18. The largest absolute Gasteiger partial charge is 0.387 e. The van der Waals surface area contributed by atoms with Gasteiger partial charge in [-0.15, -0.1) is 0 Å². The molecule has 0 spiro atoms. The van der Waals surface area contributed by atoms with Crippen LogP contribution in [0.4, 0.5) is 0 Å². The van der Waals surface area contributed by atoms with Crippen LogP contribution in [0.2, 0.25) is 0 Å². The molecule has 0 aliphatic carbocycles. The van der Waals surface area contributed by atoms with E-state index in [1.165, 1.54) is 0 Å². The molecule has 1 saturated heterocycles. The van der Waals surface area contributed by atoms with E-state index < -0.39 is 6.10 Å². The van der Waals surface area contributed by atoms with Gasteiger partial charge in [0.15, 0.2) is 0 Å². The van der Waals surface area contributed by atoms with Crippen molar-refractivity contribution in [2.75, 3.05) is 20.2 Å². The zero-order chi connectivity index (χ0) is 13.0. The minimum Gasteiger partial charge on any atom is -0.387 e. The van der Waals surface area contributed by atoms with Crippen molar-refractivity contribution in [1.82, 2.24) is 4.90 Å². The molecule has 100 valence electrons. The van der Waals surface area contributed by atoms with Gasteiger partial charge in [-0.3, -0.25) is 4.90 Å². The molecule has 1 aromatic rings. The fourth-order valence-corrected chi connectivity index (χ4v) is 2.45. The van der Waals surface area contributed by atoms with Crippen molar-refractivity contribution in [1.29, 1.82) is 0 Å². The SMILES string of the molecule is CC(C(O)c1ccccc1)N(C)CC1CCCO1. The van der Waals surface area contributed by atoms with Gasteiger partial charge in [0.05, 0.1) is 12.2 Å². The summed E-state index contributed by atoms with van der Waals surface area (Å²) in [5.74, 6) is 0. The highest BCUT2D eigenvalue weighted by Gasteiger charge is 2.24. The van der Waals surface area contributed by atoms with Crippen LogP contribution < -0.4 is 0 Å². The molecule has 2 rings (SSSR count). The minimum atomic E-state index is -0.447. The molecule has 1 aliphatic rings. The van der Waals surface area contributed by atoms with E-state index in [0.717, 1.165) is 31.6 Å². The van der Waals surface area contributed by atoms with Crippen molar-refractivity contribution < 1.29 is 9.84 Å². The zero-order valence-electron chi connectivity index (χ0n) is 11.2. The molecule has 18 heavy (non-hydrogen) atoms. The summed E-state index contributed by atoms with van der Waals surface area (Å²) in [4.78, 5) is 2.19. The van der Waals surface area contributed by atoms with Gasteiger partial charge in [-0.05, 0) is 32.4 Å². The van der Waals surface area contributed by atoms with Gasteiger partial charge in [-0.25, -0.2) is 0 Å². The first kappa shape index (κ1) is 13.5. The van der Waals surface area contributed by atoms with Crippen molar-refractivity contribution in [2.24, 2.45) is 0 Å². The molecular formula is C15H23NO2. The quantitative estimate of drug-likeness (QED) is 0.868. The van der Waals surface area contributed by atoms with E-state index in [2.05, 4.69) is 18.9 Å². The van der Waals surface area contributed by atoms with Crippen LogP contribution >= 0.6 is 0 Å². The number of rotatable bonds is 5. The van der Waals surface area contributed by atoms with Crippen molar-refractivity contribution in [3.05, 3.63) is 35.9 Å². The Morgan fingerprint density at radius 3 is 2.72 bits per heavy atom. The van der Waals surface area contributed by atoms with E-state index in [0.29, 0.717) is 6.10 Å². The Kier molecular flexibility index (Phi) is 4.75. The lowest BCUT2D eigenvalue weighted by Crippen LogP contribution is -2.39. The number of hydrogen-bond donors (Lipinski definition) is 1. The van der Waals surface area contributed by atoms with Crippen molar-refractivity contribution >= 4 is 0 Å². The van der Waals surface area contributed by atoms with E-state index in [4.69, 9.17) is 4.74 Å². The molecule has 0 radical (unpaired) electrons. The van der Waals surface area contributed by atoms with Crippen LogP contribution in [0.5, 0.6) is 0 Å². The van der Waals surface area contributed by atoms with E-state index >= 15 is 0 Å². The van der Waals surface area contributed by atoms with Gasteiger partial charge in [-0.2, -0.15) is 0 Å². The second kappa shape index (κ2) is 6.32. The summed E-state index contributed by atoms with van der Waals surface area (Å²) in [5.41, 5.74) is 0.976. The predicted molar refractivity (Wildman–Crippen MR) is 72.5 cm³/mol. The summed E-state index contributed by atoms with van der Waals surface area (Å²) in [7, 11) is 2.05. The van der Waals surface area contributed by atoms with Crippen LogP contribution in [0.15, 0.2) is 30.3 Å².